The van der Waals surface area contributed by atoms with Crippen LogP contribution in [0.5, 0.6) is 5.75 Å². The van der Waals surface area contributed by atoms with Crippen LogP contribution in [-0.2, 0) is 22.6 Å². The lowest BCUT2D eigenvalue weighted by Gasteiger charge is -2.38. The number of nitrogens with one attached hydrogen (secondary N) is 1. The number of ether oxygens (including phenoxy) is 2. The van der Waals surface area contributed by atoms with E-state index in [2.05, 4.69) is 41.5 Å². The second-order valence-electron chi connectivity index (χ2n) is 9.63. The predicted octanol–water partition coefficient (Wildman–Crippen LogP) is 4.35. The lowest BCUT2D eigenvalue weighted by Crippen LogP contribution is -2.40. The minimum Gasteiger partial charge on any atom is -0.484 e. The summed E-state index contributed by atoms with van der Waals surface area (Å²) >= 11 is 0. The van der Waals surface area contributed by atoms with E-state index in [1.54, 1.807) is 0 Å². The number of aromatic nitrogens is 1. The van der Waals surface area contributed by atoms with Gasteiger partial charge in [-0.25, -0.2) is 4.98 Å². The smallest absolute Gasteiger partial charge is 0.273 e. The second-order valence-corrected chi connectivity index (χ2v) is 9.63. The summed E-state index contributed by atoms with van der Waals surface area (Å²) in [6, 6.07) is 14.2. The van der Waals surface area contributed by atoms with Crippen molar-refractivity contribution in [3.8, 4) is 5.75 Å². The van der Waals surface area contributed by atoms with Gasteiger partial charge in [0.2, 0.25) is 11.8 Å². The van der Waals surface area contributed by atoms with Crippen LogP contribution in [-0.4, -0.2) is 47.5 Å². The summed E-state index contributed by atoms with van der Waals surface area (Å²) < 4.78 is 17.0. The Bertz CT molecular complexity index is 1260. The number of hydrogen-bond acceptors (Lipinski definition) is 6. The summed E-state index contributed by atoms with van der Waals surface area (Å²) in [7, 11) is 0. The van der Waals surface area contributed by atoms with Gasteiger partial charge in [-0.1, -0.05) is 42.8 Å². The Morgan fingerprint density at radius 1 is 1.22 bits per heavy atom. The molecule has 0 bridgehead atoms. The van der Waals surface area contributed by atoms with Gasteiger partial charge in [0, 0.05) is 26.1 Å². The standard InChI is InChI=1S/C29H33N3O5/c1-3-27(33)32-12-11-20-9-10-22(15-24(20)28(32)21-7-4-6-19(2)14-21)36-18-26-31-25(17-37-26)29(34)30-16-23-8-5-13-35-23/h4,6-7,9-10,14-15,17,23,28H,3,5,8,11-13,16,18H2,1-2H3,(H,30,34). The van der Waals surface area contributed by atoms with Crippen LogP contribution in [0.2, 0.25) is 0 Å². The van der Waals surface area contributed by atoms with Crippen molar-refractivity contribution in [2.75, 3.05) is 19.7 Å². The predicted molar refractivity (Wildman–Crippen MR) is 137 cm³/mol. The number of oxazole rings is 1. The van der Waals surface area contributed by atoms with Gasteiger partial charge >= 0.3 is 0 Å². The first-order valence-corrected chi connectivity index (χ1v) is 13.0. The zero-order valence-electron chi connectivity index (χ0n) is 21.4. The first kappa shape index (κ1) is 25.0. The van der Waals surface area contributed by atoms with Gasteiger partial charge in [-0.2, -0.15) is 0 Å². The van der Waals surface area contributed by atoms with Gasteiger partial charge in [-0.3, -0.25) is 9.59 Å². The van der Waals surface area contributed by atoms with E-state index in [9.17, 15) is 9.59 Å². The number of rotatable bonds is 8. The number of amides is 2. The highest BCUT2D eigenvalue weighted by Gasteiger charge is 2.32. The normalized spacial score (nSPS) is 18.9. The van der Waals surface area contributed by atoms with Crippen molar-refractivity contribution >= 4 is 11.8 Å². The lowest BCUT2D eigenvalue weighted by atomic mass is 9.87. The third kappa shape index (κ3) is 5.69. The molecule has 3 heterocycles. The molecule has 1 N–H and O–H groups in total. The molecule has 8 nitrogen and oxygen atoms in total. The zero-order chi connectivity index (χ0) is 25.8. The lowest BCUT2D eigenvalue weighted by molar-refractivity contribution is -0.132. The van der Waals surface area contributed by atoms with E-state index >= 15 is 0 Å². The van der Waals surface area contributed by atoms with Crippen molar-refractivity contribution < 1.29 is 23.5 Å². The van der Waals surface area contributed by atoms with Gasteiger partial charge < -0.3 is 24.1 Å². The van der Waals surface area contributed by atoms with Crippen LogP contribution >= 0.6 is 0 Å². The molecule has 5 rings (SSSR count). The van der Waals surface area contributed by atoms with Gasteiger partial charge in [0.25, 0.3) is 5.91 Å². The summed E-state index contributed by atoms with van der Waals surface area (Å²) in [4.78, 5) is 31.5. The van der Waals surface area contributed by atoms with E-state index in [0.29, 0.717) is 31.2 Å². The van der Waals surface area contributed by atoms with Crippen LogP contribution in [0.1, 0.15) is 70.9 Å². The molecule has 0 spiro atoms. The van der Waals surface area contributed by atoms with Crippen LogP contribution in [0.4, 0.5) is 0 Å². The molecule has 0 aliphatic carbocycles. The van der Waals surface area contributed by atoms with Crippen molar-refractivity contribution in [2.24, 2.45) is 0 Å². The minimum atomic E-state index is -0.291. The number of hydrogen-bond donors (Lipinski definition) is 1. The van der Waals surface area contributed by atoms with E-state index in [4.69, 9.17) is 13.9 Å². The third-order valence-electron chi connectivity index (χ3n) is 6.99. The molecule has 2 atom stereocenters. The van der Waals surface area contributed by atoms with Crippen molar-refractivity contribution in [1.29, 1.82) is 0 Å². The molecule has 0 radical (unpaired) electrons. The Hall–Kier alpha value is -3.65. The summed E-state index contributed by atoms with van der Waals surface area (Å²) in [5.41, 5.74) is 4.74. The molecule has 8 heteroatoms. The monoisotopic (exact) mass is 503 g/mol. The molecule has 37 heavy (non-hydrogen) atoms. The molecule has 194 valence electrons. The molecule has 2 aliphatic heterocycles. The Morgan fingerprint density at radius 2 is 2.11 bits per heavy atom. The molecule has 2 aromatic carbocycles. The van der Waals surface area contributed by atoms with E-state index in [1.165, 1.54) is 11.8 Å². The molecule has 2 aliphatic rings. The number of aryl methyl sites for hydroxylation is 1. The second kappa shape index (κ2) is 11.2. The van der Waals surface area contributed by atoms with Crippen molar-refractivity contribution in [2.45, 2.75) is 58.3 Å². The van der Waals surface area contributed by atoms with E-state index < -0.39 is 0 Å². The third-order valence-corrected chi connectivity index (χ3v) is 6.99. The summed E-state index contributed by atoms with van der Waals surface area (Å²) in [5.74, 6) is 0.817. The first-order valence-electron chi connectivity index (χ1n) is 13.0. The molecule has 1 aromatic heterocycles. The fraction of sp³-hybridized carbons (Fsp3) is 0.414. The topological polar surface area (TPSA) is 93.9 Å². The molecular formula is C29H33N3O5. The van der Waals surface area contributed by atoms with Gasteiger partial charge in [0.1, 0.15) is 12.0 Å². The quantitative estimate of drug-likeness (QED) is 0.491. The van der Waals surface area contributed by atoms with Crippen molar-refractivity contribution in [1.82, 2.24) is 15.2 Å². The molecule has 1 saturated heterocycles. The number of fused-ring (bicyclic) bond motifs is 1. The van der Waals surface area contributed by atoms with Gasteiger partial charge in [-0.15, -0.1) is 0 Å². The van der Waals surface area contributed by atoms with E-state index in [-0.39, 0.29) is 36.3 Å². The zero-order valence-corrected chi connectivity index (χ0v) is 21.4. The van der Waals surface area contributed by atoms with E-state index in [1.807, 2.05) is 30.0 Å². The maximum Gasteiger partial charge on any atom is 0.273 e. The van der Waals surface area contributed by atoms with Gasteiger partial charge in [0.05, 0.1) is 12.1 Å². The fourth-order valence-corrected chi connectivity index (χ4v) is 5.08. The van der Waals surface area contributed by atoms with Crippen LogP contribution in [0.25, 0.3) is 0 Å². The minimum absolute atomic E-state index is 0.0647. The first-order chi connectivity index (χ1) is 18.0. The molecule has 1 fully saturated rings. The van der Waals surface area contributed by atoms with E-state index in [0.717, 1.165) is 42.6 Å². The Kier molecular flexibility index (Phi) is 7.55. The van der Waals surface area contributed by atoms with Crippen LogP contribution in [0, 0.1) is 6.92 Å². The summed E-state index contributed by atoms with van der Waals surface area (Å²) in [6.07, 6.45) is 4.64. The Labute approximate surface area is 217 Å². The van der Waals surface area contributed by atoms with Crippen LogP contribution < -0.4 is 10.1 Å². The largest absolute Gasteiger partial charge is 0.484 e. The average Bonchev–Trinajstić information content (AvgIpc) is 3.62. The van der Waals surface area contributed by atoms with Gasteiger partial charge in [-0.05, 0) is 55.0 Å². The molecule has 2 amide bonds. The highest BCUT2D eigenvalue weighted by Crippen LogP contribution is 2.38. The maximum atomic E-state index is 12.9. The molecule has 3 aromatic rings. The molecule has 2 unspecified atom stereocenters. The Balaban J connectivity index is 1.30. The van der Waals surface area contributed by atoms with Crippen molar-refractivity contribution in [3.05, 3.63) is 82.6 Å². The highest BCUT2D eigenvalue weighted by atomic mass is 16.5. The number of nitrogens with zero attached hydrogens (tertiary/aromatic N) is 2. The fourth-order valence-electron chi connectivity index (χ4n) is 5.08. The SMILES string of the molecule is CCC(=O)N1CCc2ccc(OCc3nc(C(=O)NCC4CCCO4)co3)cc2C1c1cccc(C)c1. The number of benzene rings is 2. The molecular weight excluding hydrogens is 470 g/mol. The number of carbonyl (C=O) groups is 2. The van der Waals surface area contributed by atoms with Crippen LogP contribution in [0.15, 0.2) is 53.1 Å². The maximum absolute atomic E-state index is 12.9. The summed E-state index contributed by atoms with van der Waals surface area (Å²) in [6.45, 7) is 5.95. The van der Waals surface area contributed by atoms with Crippen molar-refractivity contribution in [3.63, 3.8) is 0 Å². The number of carbonyl (C=O) groups excluding carboxylic acids is 2. The molecule has 0 saturated carbocycles. The summed E-state index contributed by atoms with van der Waals surface area (Å²) in [5, 5.41) is 2.85. The van der Waals surface area contributed by atoms with Crippen LogP contribution in [0.3, 0.4) is 0 Å². The highest BCUT2D eigenvalue weighted by molar-refractivity contribution is 5.91. The van der Waals surface area contributed by atoms with Gasteiger partial charge in [0.15, 0.2) is 12.3 Å². The average molecular weight is 504 g/mol. The Morgan fingerprint density at radius 3 is 2.89 bits per heavy atom.